The molecule has 0 aliphatic rings. The third kappa shape index (κ3) is 2.70. The Morgan fingerprint density at radius 1 is 0.611 bits per heavy atom. The molecule has 2 aromatic rings. The van der Waals surface area contributed by atoms with Crippen molar-refractivity contribution in [3.8, 4) is 0 Å². The summed E-state index contributed by atoms with van der Waals surface area (Å²) in [6, 6.07) is 21.8. The van der Waals surface area contributed by atoms with Gasteiger partial charge in [-0.1, -0.05) is 60.7 Å². The average Bonchev–Trinajstić information content (AvgIpc) is 2.30. The summed E-state index contributed by atoms with van der Waals surface area (Å²) in [5.74, 6) is 0. The minimum atomic E-state index is -2.38. The van der Waals surface area contributed by atoms with Gasteiger partial charge in [-0.3, -0.25) is 0 Å². The smallest absolute Gasteiger partial charge is 1.00 e. The molecule has 0 saturated heterocycles. The van der Waals surface area contributed by atoms with Crippen LogP contribution >= 0.6 is 8.29 Å². The van der Waals surface area contributed by atoms with Crippen LogP contribution in [0.2, 0.25) is 0 Å². The Bertz CT molecular complexity index is 482. The van der Waals surface area contributed by atoms with Gasteiger partial charge in [0.25, 0.3) is 0 Å². The molecule has 0 heterocycles. The second-order valence-corrected chi connectivity index (χ2v) is 16.1. The standard InChI is InChI=1S/C16H22S.Na.H/c1-17(2,3,4,15-11-7-5-8-12-15)16-13-9-6-10-14-16;;/h5-14H,1-4H3;;/q;+1;-1. The topological polar surface area (TPSA) is 0 Å². The molecule has 0 nitrogen and oxygen atoms in total. The van der Waals surface area contributed by atoms with E-state index >= 15 is 0 Å². The minimum absolute atomic E-state index is 0. The average molecular weight is 270 g/mol. The van der Waals surface area contributed by atoms with Crippen molar-refractivity contribution < 1.29 is 31.0 Å². The van der Waals surface area contributed by atoms with Crippen LogP contribution < -0.4 is 29.6 Å². The predicted molar refractivity (Wildman–Crippen MR) is 81.8 cm³/mol. The van der Waals surface area contributed by atoms with Crippen molar-refractivity contribution in [3.05, 3.63) is 60.7 Å². The number of hydrogen-bond acceptors (Lipinski definition) is 0. The zero-order valence-electron chi connectivity index (χ0n) is 13.2. The molecule has 2 rings (SSSR count). The van der Waals surface area contributed by atoms with Crippen LogP contribution in [-0.2, 0) is 0 Å². The van der Waals surface area contributed by atoms with Gasteiger partial charge in [0, 0.05) is 0 Å². The normalized spacial score (nSPS) is 15.1. The molecule has 0 fully saturated rings. The van der Waals surface area contributed by atoms with Crippen molar-refractivity contribution in [2.45, 2.75) is 9.79 Å². The molecular formula is C16H23NaS. The summed E-state index contributed by atoms with van der Waals surface area (Å²) in [5, 5.41) is 0. The van der Waals surface area contributed by atoms with E-state index in [2.05, 4.69) is 85.7 Å². The summed E-state index contributed by atoms with van der Waals surface area (Å²) in [6.45, 7) is 0. The Labute approximate surface area is 134 Å². The summed E-state index contributed by atoms with van der Waals surface area (Å²) in [4.78, 5) is 2.89. The van der Waals surface area contributed by atoms with Gasteiger partial charge in [-0.05, 0) is 34.8 Å². The van der Waals surface area contributed by atoms with Gasteiger partial charge in [-0.25, -0.2) is 8.29 Å². The molecule has 0 bridgehead atoms. The molecule has 2 aromatic carbocycles. The van der Waals surface area contributed by atoms with Gasteiger partial charge < -0.3 is 1.43 Å². The van der Waals surface area contributed by atoms with Crippen LogP contribution in [0.1, 0.15) is 1.43 Å². The summed E-state index contributed by atoms with van der Waals surface area (Å²) in [7, 11) is -2.38. The third-order valence-electron chi connectivity index (χ3n) is 3.61. The van der Waals surface area contributed by atoms with E-state index in [1.54, 1.807) is 0 Å². The Hall–Kier alpha value is -0.210. The molecule has 0 radical (unpaired) electrons. The van der Waals surface area contributed by atoms with E-state index in [4.69, 9.17) is 0 Å². The first-order valence-electron chi connectivity index (χ1n) is 5.86. The Morgan fingerprint density at radius 2 is 0.889 bits per heavy atom. The number of hydrogen-bond donors (Lipinski definition) is 0. The van der Waals surface area contributed by atoms with Crippen LogP contribution in [0.3, 0.4) is 0 Å². The van der Waals surface area contributed by atoms with Crippen molar-refractivity contribution in [1.82, 2.24) is 0 Å². The van der Waals surface area contributed by atoms with E-state index in [1.165, 1.54) is 9.79 Å². The fraction of sp³-hybridized carbons (Fsp3) is 0.250. The molecule has 94 valence electrons. The third-order valence-corrected chi connectivity index (χ3v) is 8.39. The van der Waals surface area contributed by atoms with E-state index in [-0.39, 0.29) is 31.0 Å². The van der Waals surface area contributed by atoms with E-state index in [1.807, 2.05) is 0 Å². The van der Waals surface area contributed by atoms with Crippen molar-refractivity contribution in [2.75, 3.05) is 25.0 Å². The van der Waals surface area contributed by atoms with Crippen molar-refractivity contribution >= 4 is 8.29 Å². The van der Waals surface area contributed by atoms with Gasteiger partial charge in [0.15, 0.2) is 0 Å². The largest absolute Gasteiger partial charge is 1.00 e. The van der Waals surface area contributed by atoms with Gasteiger partial charge in [-0.2, -0.15) is 0 Å². The molecule has 0 unspecified atom stereocenters. The van der Waals surface area contributed by atoms with Gasteiger partial charge >= 0.3 is 29.6 Å². The maximum absolute atomic E-state index is 2.42. The Morgan fingerprint density at radius 3 is 1.17 bits per heavy atom. The second kappa shape index (κ2) is 4.42. The van der Waals surface area contributed by atoms with Crippen molar-refractivity contribution in [2.24, 2.45) is 0 Å². The molecule has 0 aliphatic heterocycles. The van der Waals surface area contributed by atoms with E-state index < -0.39 is 8.29 Å². The fourth-order valence-corrected chi connectivity index (χ4v) is 5.24. The Balaban J connectivity index is 0.00000162. The molecular weight excluding hydrogens is 247 g/mol. The molecule has 0 amide bonds. The van der Waals surface area contributed by atoms with Crippen LogP contribution in [0.15, 0.2) is 70.5 Å². The molecule has 0 aliphatic carbocycles. The molecule has 2 heteroatoms. The summed E-state index contributed by atoms with van der Waals surface area (Å²) >= 11 is 0. The van der Waals surface area contributed by atoms with Gasteiger partial charge in [0.1, 0.15) is 0 Å². The van der Waals surface area contributed by atoms with Crippen LogP contribution in [0.5, 0.6) is 0 Å². The molecule has 0 spiro atoms. The molecule has 0 saturated carbocycles. The number of benzene rings is 2. The van der Waals surface area contributed by atoms with Crippen molar-refractivity contribution in [1.29, 1.82) is 0 Å². The van der Waals surface area contributed by atoms with Gasteiger partial charge in [0.05, 0.1) is 0 Å². The SMILES string of the molecule is CS(C)(C)(C)(c1ccccc1)c1ccccc1.[H-].[Na+]. The van der Waals surface area contributed by atoms with Gasteiger partial charge in [-0.15, -0.1) is 0 Å². The van der Waals surface area contributed by atoms with E-state index in [0.29, 0.717) is 0 Å². The van der Waals surface area contributed by atoms with Crippen LogP contribution in [0.25, 0.3) is 0 Å². The first-order valence-corrected chi connectivity index (χ1v) is 9.95. The molecule has 0 atom stereocenters. The second-order valence-electron chi connectivity index (χ2n) is 6.81. The minimum Gasteiger partial charge on any atom is -1.00 e. The van der Waals surface area contributed by atoms with E-state index in [0.717, 1.165) is 0 Å². The van der Waals surface area contributed by atoms with Crippen molar-refractivity contribution in [3.63, 3.8) is 0 Å². The van der Waals surface area contributed by atoms with E-state index in [9.17, 15) is 0 Å². The first-order chi connectivity index (χ1) is 7.74. The maximum atomic E-state index is 2.42. The monoisotopic (exact) mass is 270 g/mol. The van der Waals surface area contributed by atoms with Crippen LogP contribution in [0.4, 0.5) is 0 Å². The van der Waals surface area contributed by atoms with Crippen LogP contribution in [0, 0.1) is 0 Å². The first kappa shape index (κ1) is 15.8. The van der Waals surface area contributed by atoms with Crippen LogP contribution in [-0.4, -0.2) is 25.0 Å². The molecule has 0 aromatic heterocycles. The van der Waals surface area contributed by atoms with Gasteiger partial charge in [0.2, 0.25) is 0 Å². The quantitative estimate of drug-likeness (QED) is 0.728. The predicted octanol–water partition coefficient (Wildman–Crippen LogP) is 1.62. The zero-order valence-corrected chi connectivity index (χ0v) is 15.0. The zero-order chi connectivity index (χ0) is 12.6. The summed E-state index contributed by atoms with van der Waals surface area (Å²) in [5.41, 5.74) is 0. The fourth-order valence-electron chi connectivity index (χ4n) is 2.20. The molecule has 0 N–H and O–H groups in total. The number of rotatable bonds is 2. The Kier molecular flexibility index (Phi) is 3.89. The summed E-state index contributed by atoms with van der Waals surface area (Å²) < 4.78 is 0. The molecule has 18 heavy (non-hydrogen) atoms. The maximum Gasteiger partial charge on any atom is 1.00 e. The summed E-state index contributed by atoms with van der Waals surface area (Å²) in [6.07, 6.45) is 9.69.